The van der Waals surface area contributed by atoms with Crippen LogP contribution in [0.3, 0.4) is 0 Å². The van der Waals surface area contributed by atoms with Gasteiger partial charge in [0.05, 0.1) is 18.8 Å². The van der Waals surface area contributed by atoms with Crippen LogP contribution in [0.4, 0.5) is 5.69 Å². The first-order chi connectivity index (χ1) is 15.3. The molecule has 31 heavy (non-hydrogen) atoms. The minimum atomic E-state index is -0.199. The van der Waals surface area contributed by atoms with E-state index >= 15 is 0 Å². The van der Waals surface area contributed by atoms with Crippen molar-refractivity contribution in [1.29, 1.82) is 0 Å². The van der Waals surface area contributed by atoms with E-state index in [4.69, 9.17) is 9.47 Å². The van der Waals surface area contributed by atoms with Crippen molar-refractivity contribution in [3.05, 3.63) is 90.0 Å². The minimum Gasteiger partial charge on any atom is -0.494 e. The summed E-state index contributed by atoms with van der Waals surface area (Å²) in [5.74, 6) is 1.15. The van der Waals surface area contributed by atoms with E-state index in [-0.39, 0.29) is 5.91 Å². The maximum Gasteiger partial charge on any atom is 0.259 e. The van der Waals surface area contributed by atoms with E-state index in [0.717, 1.165) is 18.6 Å². The van der Waals surface area contributed by atoms with Gasteiger partial charge in [-0.05, 0) is 36.2 Å². The summed E-state index contributed by atoms with van der Waals surface area (Å²) in [5.41, 5.74) is 2.42. The molecule has 1 amide bonds. The van der Waals surface area contributed by atoms with Crippen molar-refractivity contribution in [3.63, 3.8) is 0 Å². The van der Waals surface area contributed by atoms with E-state index in [1.807, 2.05) is 60.7 Å². The van der Waals surface area contributed by atoms with Gasteiger partial charge in [-0.2, -0.15) is 0 Å². The van der Waals surface area contributed by atoms with Crippen LogP contribution >= 0.6 is 0 Å². The number of hydrogen-bond acceptors (Lipinski definition) is 3. The molecule has 0 radical (unpaired) electrons. The minimum absolute atomic E-state index is 0.199. The van der Waals surface area contributed by atoms with E-state index in [2.05, 4.69) is 24.4 Å². The fourth-order valence-electron chi connectivity index (χ4n) is 3.28. The van der Waals surface area contributed by atoms with Crippen LogP contribution < -0.4 is 14.8 Å². The molecular weight excluding hydrogens is 386 g/mol. The number of rotatable bonds is 12. The van der Waals surface area contributed by atoms with Crippen LogP contribution in [0.25, 0.3) is 0 Å². The molecule has 0 fully saturated rings. The number of ether oxygens (including phenoxy) is 2. The lowest BCUT2D eigenvalue weighted by Gasteiger charge is -2.13. The summed E-state index contributed by atoms with van der Waals surface area (Å²) in [6.45, 7) is 3.39. The van der Waals surface area contributed by atoms with Gasteiger partial charge < -0.3 is 14.8 Å². The topological polar surface area (TPSA) is 47.6 Å². The van der Waals surface area contributed by atoms with Crippen LogP contribution in [-0.2, 0) is 6.42 Å². The van der Waals surface area contributed by atoms with Gasteiger partial charge in [0.2, 0.25) is 0 Å². The Morgan fingerprint density at radius 1 is 0.806 bits per heavy atom. The van der Waals surface area contributed by atoms with Crippen molar-refractivity contribution < 1.29 is 14.3 Å². The van der Waals surface area contributed by atoms with Gasteiger partial charge in [-0.3, -0.25) is 4.79 Å². The predicted molar refractivity (Wildman–Crippen MR) is 126 cm³/mol. The van der Waals surface area contributed by atoms with Gasteiger partial charge in [0.15, 0.2) is 0 Å². The Balaban J connectivity index is 1.56. The van der Waals surface area contributed by atoms with Crippen molar-refractivity contribution in [3.8, 4) is 11.5 Å². The number of benzene rings is 3. The van der Waals surface area contributed by atoms with Crippen molar-refractivity contribution in [2.24, 2.45) is 0 Å². The molecule has 3 aromatic rings. The molecule has 162 valence electrons. The first kappa shape index (κ1) is 22.4. The zero-order valence-corrected chi connectivity index (χ0v) is 18.2. The fraction of sp³-hybridized carbons (Fsp3) is 0.296. The Morgan fingerprint density at radius 3 is 2.45 bits per heavy atom. The molecule has 0 saturated carbocycles. The third-order valence-electron chi connectivity index (χ3n) is 4.98. The van der Waals surface area contributed by atoms with Crippen molar-refractivity contribution in [1.82, 2.24) is 0 Å². The predicted octanol–water partition coefficient (Wildman–Crippen LogP) is 6.52. The van der Waals surface area contributed by atoms with Gasteiger partial charge in [-0.15, -0.1) is 0 Å². The number of unbranched alkanes of at least 4 members (excludes halogenated alkanes) is 3. The lowest BCUT2D eigenvalue weighted by molar-refractivity contribution is 0.102. The van der Waals surface area contributed by atoms with Gasteiger partial charge in [0, 0.05) is 18.2 Å². The number of hydrogen-bond donors (Lipinski definition) is 1. The lowest BCUT2D eigenvalue weighted by Crippen LogP contribution is -2.14. The standard InChI is InChI=1S/C27H31NO3/c1-2-3-4-10-19-30-24-15-11-14-23(21-24)28-27(29)25-16-8-9-17-26(25)31-20-18-22-12-6-5-7-13-22/h5-9,11-17,21H,2-4,10,18-20H2,1H3,(H,28,29). The molecule has 0 aliphatic rings. The van der Waals surface area contributed by atoms with Crippen LogP contribution in [0.2, 0.25) is 0 Å². The molecule has 3 aromatic carbocycles. The van der Waals surface area contributed by atoms with E-state index < -0.39 is 0 Å². The van der Waals surface area contributed by atoms with E-state index in [1.165, 1.54) is 24.8 Å². The zero-order valence-electron chi connectivity index (χ0n) is 18.2. The maximum absolute atomic E-state index is 12.9. The second-order valence-corrected chi connectivity index (χ2v) is 7.47. The van der Waals surface area contributed by atoms with Crippen LogP contribution in [0.5, 0.6) is 11.5 Å². The Morgan fingerprint density at radius 2 is 1.61 bits per heavy atom. The lowest BCUT2D eigenvalue weighted by atomic mass is 10.1. The monoisotopic (exact) mass is 417 g/mol. The molecule has 4 nitrogen and oxygen atoms in total. The van der Waals surface area contributed by atoms with Crippen molar-refractivity contribution in [2.45, 2.75) is 39.0 Å². The number of carbonyl (C=O) groups excluding carboxylic acids is 1. The first-order valence-corrected chi connectivity index (χ1v) is 11.1. The Labute approximate surface area is 185 Å². The average Bonchev–Trinajstić information content (AvgIpc) is 2.80. The second kappa shape index (κ2) is 12.4. The summed E-state index contributed by atoms with van der Waals surface area (Å²) in [6, 6.07) is 25.0. The van der Waals surface area contributed by atoms with Crippen LogP contribution in [0.1, 0.15) is 48.5 Å². The molecule has 1 N–H and O–H groups in total. The summed E-state index contributed by atoms with van der Waals surface area (Å²) < 4.78 is 11.7. The maximum atomic E-state index is 12.9. The number of para-hydroxylation sites is 1. The normalized spacial score (nSPS) is 10.5. The van der Waals surface area contributed by atoms with Gasteiger partial charge >= 0.3 is 0 Å². The molecule has 0 aliphatic carbocycles. The number of amides is 1. The van der Waals surface area contributed by atoms with Crippen molar-refractivity contribution >= 4 is 11.6 Å². The summed E-state index contributed by atoms with van der Waals surface area (Å²) >= 11 is 0. The third kappa shape index (κ3) is 7.49. The molecule has 0 aromatic heterocycles. The quantitative estimate of drug-likeness (QED) is 0.341. The summed E-state index contributed by atoms with van der Waals surface area (Å²) in [5, 5.41) is 2.96. The van der Waals surface area contributed by atoms with Crippen LogP contribution in [0, 0.1) is 0 Å². The highest BCUT2D eigenvalue weighted by molar-refractivity contribution is 6.06. The molecule has 0 aliphatic heterocycles. The zero-order chi connectivity index (χ0) is 21.7. The van der Waals surface area contributed by atoms with Crippen LogP contribution in [0.15, 0.2) is 78.9 Å². The highest BCUT2D eigenvalue weighted by Gasteiger charge is 2.13. The highest BCUT2D eigenvalue weighted by atomic mass is 16.5. The molecule has 0 heterocycles. The Hall–Kier alpha value is -3.27. The molecule has 0 saturated heterocycles. The van der Waals surface area contributed by atoms with Gasteiger partial charge in [-0.1, -0.05) is 74.7 Å². The van der Waals surface area contributed by atoms with E-state index in [0.29, 0.717) is 30.2 Å². The Bertz CT molecular complexity index is 940. The van der Waals surface area contributed by atoms with E-state index in [9.17, 15) is 4.79 Å². The molecule has 3 rings (SSSR count). The fourth-order valence-corrected chi connectivity index (χ4v) is 3.28. The summed E-state index contributed by atoms with van der Waals surface area (Å²) in [7, 11) is 0. The molecule has 4 heteroatoms. The molecule has 0 unspecified atom stereocenters. The third-order valence-corrected chi connectivity index (χ3v) is 4.98. The molecule has 0 spiro atoms. The Kier molecular flexibility index (Phi) is 8.99. The smallest absolute Gasteiger partial charge is 0.259 e. The first-order valence-electron chi connectivity index (χ1n) is 11.1. The summed E-state index contributed by atoms with van der Waals surface area (Å²) in [6.07, 6.45) is 5.44. The molecule has 0 bridgehead atoms. The average molecular weight is 418 g/mol. The van der Waals surface area contributed by atoms with Crippen molar-refractivity contribution in [2.75, 3.05) is 18.5 Å². The largest absolute Gasteiger partial charge is 0.494 e. The van der Waals surface area contributed by atoms with Gasteiger partial charge in [0.1, 0.15) is 11.5 Å². The molecular formula is C27H31NO3. The number of nitrogens with one attached hydrogen (secondary N) is 1. The highest BCUT2D eigenvalue weighted by Crippen LogP contribution is 2.22. The number of carbonyl (C=O) groups is 1. The molecule has 0 atom stereocenters. The SMILES string of the molecule is CCCCCCOc1cccc(NC(=O)c2ccccc2OCCc2ccccc2)c1. The van der Waals surface area contributed by atoms with Crippen LogP contribution in [-0.4, -0.2) is 19.1 Å². The summed E-state index contributed by atoms with van der Waals surface area (Å²) in [4.78, 5) is 12.9. The second-order valence-electron chi connectivity index (χ2n) is 7.47. The number of anilines is 1. The van der Waals surface area contributed by atoms with E-state index in [1.54, 1.807) is 6.07 Å². The van der Waals surface area contributed by atoms with Gasteiger partial charge in [-0.25, -0.2) is 0 Å². The van der Waals surface area contributed by atoms with Gasteiger partial charge in [0.25, 0.3) is 5.91 Å².